The number of rotatable bonds is 6. The zero-order valence-electron chi connectivity index (χ0n) is 10.5. The van der Waals surface area contributed by atoms with Crippen LogP contribution in [0.5, 0.6) is 0 Å². The van der Waals surface area contributed by atoms with Crippen LogP contribution in [0.25, 0.3) is 0 Å². The zero-order chi connectivity index (χ0) is 12.2. The second kappa shape index (κ2) is 5.41. The van der Waals surface area contributed by atoms with E-state index in [1.165, 1.54) is 0 Å². The van der Waals surface area contributed by atoms with Crippen LogP contribution in [-0.2, 0) is 16.7 Å². The summed E-state index contributed by atoms with van der Waals surface area (Å²) in [5, 5.41) is 3.91. The van der Waals surface area contributed by atoms with Crippen LogP contribution in [-0.4, -0.2) is 23.4 Å². The van der Waals surface area contributed by atoms with Crippen LogP contribution >= 0.6 is 0 Å². The van der Waals surface area contributed by atoms with Crippen LogP contribution in [0.3, 0.4) is 0 Å². The van der Waals surface area contributed by atoms with Crippen LogP contribution in [0.1, 0.15) is 45.3 Å². The minimum Gasteiger partial charge on any atom is -0.382 e. The summed E-state index contributed by atoms with van der Waals surface area (Å²) < 4.78 is 10.3. The van der Waals surface area contributed by atoms with Crippen LogP contribution in [0.4, 0.5) is 0 Å². The van der Waals surface area contributed by atoms with Crippen molar-refractivity contribution in [3.05, 3.63) is 11.7 Å². The molecular formula is C11H21N3O2. The number of nitrogens with two attached hydrogens (primary N) is 1. The Morgan fingerprint density at radius 3 is 2.81 bits per heavy atom. The van der Waals surface area contributed by atoms with Crippen molar-refractivity contribution < 1.29 is 9.26 Å². The lowest BCUT2D eigenvalue weighted by Crippen LogP contribution is -2.33. The molecule has 5 heteroatoms. The third-order valence-corrected chi connectivity index (χ3v) is 2.88. The smallest absolute Gasteiger partial charge is 0.226 e. The molecule has 0 amide bonds. The second-order valence-electron chi connectivity index (χ2n) is 4.37. The molecule has 0 saturated carbocycles. The number of hydrogen-bond acceptors (Lipinski definition) is 5. The van der Waals surface area contributed by atoms with Crippen LogP contribution < -0.4 is 5.73 Å². The van der Waals surface area contributed by atoms with Crippen molar-refractivity contribution in [3.8, 4) is 0 Å². The average Bonchev–Trinajstić information content (AvgIpc) is 2.75. The molecule has 0 aliphatic rings. The molecule has 92 valence electrons. The lowest BCUT2D eigenvalue weighted by Gasteiger charge is -2.16. The molecule has 0 bridgehead atoms. The lowest BCUT2D eigenvalue weighted by molar-refractivity contribution is 0.109. The Labute approximate surface area is 96.4 Å². The second-order valence-corrected chi connectivity index (χ2v) is 4.37. The van der Waals surface area contributed by atoms with Gasteiger partial charge in [0.1, 0.15) is 0 Å². The van der Waals surface area contributed by atoms with Crippen molar-refractivity contribution in [2.45, 2.75) is 51.7 Å². The first-order valence-electron chi connectivity index (χ1n) is 5.64. The summed E-state index contributed by atoms with van der Waals surface area (Å²) in [6.45, 7) is 5.92. The van der Waals surface area contributed by atoms with Gasteiger partial charge in [0, 0.05) is 13.5 Å². The number of methoxy groups -OCH3 is 1. The fourth-order valence-corrected chi connectivity index (χ4v) is 1.19. The van der Waals surface area contributed by atoms with E-state index in [4.69, 9.17) is 15.0 Å². The SMILES string of the molecule is CCC(C)(N)c1noc(CCC(C)OC)n1. The van der Waals surface area contributed by atoms with Crippen molar-refractivity contribution in [3.63, 3.8) is 0 Å². The van der Waals surface area contributed by atoms with Gasteiger partial charge in [-0.15, -0.1) is 0 Å². The van der Waals surface area contributed by atoms with Gasteiger partial charge in [0.05, 0.1) is 11.6 Å². The largest absolute Gasteiger partial charge is 0.382 e. The summed E-state index contributed by atoms with van der Waals surface area (Å²) in [5.41, 5.74) is 5.52. The minimum atomic E-state index is -0.505. The fourth-order valence-electron chi connectivity index (χ4n) is 1.19. The van der Waals surface area contributed by atoms with Gasteiger partial charge in [-0.2, -0.15) is 4.98 Å². The Balaban J connectivity index is 2.58. The van der Waals surface area contributed by atoms with Crippen LogP contribution in [0, 0.1) is 0 Å². The van der Waals surface area contributed by atoms with E-state index in [-0.39, 0.29) is 6.10 Å². The first kappa shape index (κ1) is 13.1. The highest BCUT2D eigenvalue weighted by molar-refractivity contribution is 5.01. The van der Waals surface area contributed by atoms with E-state index >= 15 is 0 Å². The third kappa shape index (κ3) is 3.28. The molecule has 5 nitrogen and oxygen atoms in total. The van der Waals surface area contributed by atoms with E-state index in [1.807, 2.05) is 20.8 Å². The zero-order valence-corrected chi connectivity index (χ0v) is 10.5. The van der Waals surface area contributed by atoms with E-state index in [2.05, 4.69) is 10.1 Å². The summed E-state index contributed by atoms with van der Waals surface area (Å²) in [6.07, 6.45) is 2.57. The van der Waals surface area contributed by atoms with E-state index in [0.29, 0.717) is 11.7 Å². The highest BCUT2D eigenvalue weighted by Gasteiger charge is 2.25. The number of aryl methyl sites for hydroxylation is 1. The third-order valence-electron chi connectivity index (χ3n) is 2.88. The molecule has 0 aliphatic carbocycles. The predicted molar refractivity (Wildman–Crippen MR) is 60.9 cm³/mol. The predicted octanol–water partition coefficient (Wildman–Crippen LogP) is 1.62. The molecule has 0 fully saturated rings. The molecule has 1 rings (SSSR count). The summed E-state index contributed by atoms with van der Waals surface area (Å²) in [6, 6.07) is 0. The van der Waals surface area contributed by atoms with E-state index in [0.717, 1.165) is 19.3 Å². The summed E-state index contributed by atoms with van der Waals surface area (Å²) in [4.78, 5) is 4.30. The average molecular weight is 227 g/mol. The molecule has 0 saturated heterocycles. The van der Waals surface area contributed by atoms with Gasteiger partial charge >= 0.3 is 0 Å². The number of hydrogen-bond donors (Lipinski definition) is 1. The number of nitrogens with zero attached hydrogens (tertiary/aromatic N) is 2. The molecule has 1 aromatic rings. The van der Waals surface area contributed by atoms with Crippen molar-refractivity contribution in [1.29, 1.82) is 0 Å². The Morgan fingerprint density at radius 2 is 2.25 bits per heavy atom. The highest BCUT2D eigenvalue weighted by Crippen LogP contribution is 2.18. The fraction of sp³-hybridized carbons (Fsp3) is 0.818. The first-order valence-corrected chi connectivity index (χ1v) is 5.64. The highest BCUT2D eigenvalue weighted by atomic mass is 16.5. The topological polar surface area (TPSA) is 74.2 Å². The molecule has 1 heterocycles. The molecular weight excluding hydrogens is 206 g/mol. The summed E-state index contributed by atoms with van der Waals surface area (Å²) in [5.74, 6) is 1.21. The van der Waals surface area contributed by atoms with Crippen molar-refractivity contribution >= 4 is 0 Å². The maximum absolute atomic E-state index is 6.02. The standard InChI is InChI=1S/C11H21N3O2/c1-5-11(3,12)10-13-9(16-14-10)7-6-8(2)15-4/h8H,5-7,12H2,1-4H3. The Bertz CT molecular complexity index is 323. The Hall–Kier alpha value is -0.940. The van der Waals surface area contributed by atoms with Crippen molar-refractivity contribution in [2.24, 2.45) is 5.73 Å². The number of aromatic nitrogens is 2. The lowest BCUT2D eigenvalue weighted by atomic mass is 10.0. The molecule has 16 heavy (non-hydrogen) atoms. The van der Waals surface area contributed by atoms with Gasteiger partial charge in [0.25, 0.3) is 0 Å². The van der Waals surface area contributed by atoms with Gasteiger partial charge in [-0.25, -0.2) is 0 Å². The van der Waals surface area contributed by atoms with E-state index < -0.39 is 5.54 Å². The van der Waals surface area contributed by atoms with Gasteiger partial charge in [-0.1, -0.05) is 12.1 Å². The summed E-state index contributed by atoms with van der Waals surface area (Å²) >= 11 is 0. The van der Waals surface area contributed by atoms with Gasteiger partial charge < -0.3 is 15.0 Å². The maximum atomic E-state index is 6.02. The maximum Gasteiger partial charge on any atom is 0.226 e. The van der Waals surface area contributed by atoms with Gasteiger partial charge in [-0.05, 0) is 26.7 Å². The molecule has 2 N–H and O–H groups in total. The van der Waals surface area contributed by atoms with Gasteiger partial charge in [0.2, 0.25) is 5.89 Å². The molecule has 2 atom stereocenters. The minimum absolute atomic E-state index is 0.200. The van der Waals surface area contributed by atoms with Gasteiger partial charge in [-0.3, -0.25) is 0 Å². The monoisotopic (exact) mass is 227 g/mol. The molecule has 1 aromatic heterocycles. The Kier molecular flexibility index (Phi) is 4.44. The molecule has 0 spiro atoms. The van der Waals surface area contributed by atoms with E-state index in [9.17, 15) is 0 Å². The molecule has 0 aliphatic heterocycles. The quantitative estimate of drug-likeness (QED) is 0.799. The Morgan fingerprint density at radius 1 is 1.56 bits per heavy atom. The van der Waals surface area contributed by atoms with E-state index in [1.54, 1.807) is 7.11 Å². The van der Waals surface area contributed by atoms with Crippen molar-refractivity contribution in [1.82, 2.24) is 10.1 Å². The van der Waals surface area contributed by atoms with Crippen LogP contribution in [0.15, 0.2) is 4.52 Å². The summed E-state index contributed by atoms with van der Waals surface area (Å²) in [7, 11) is 1.69. The number of ether oxygens (including phenoxy) is 1. The first-order chi connectivity index (χ1) is 7.49. The molecule has 2 unspecified atom stereocenters. The molecule has 0 aromatic carbocycles. The van der Waals surface area contributed by atoms with Gasteiger partial charge in [0.15, 0.2) is 5.82 Å². The van der Waals surface area contributed by atoms with Crippen LogP contribution in [0.2, 0.25) is 0 Å². The normalized spacial score (nSPS) is 17.1. The van der Waals surface area contributed by atoms with Crippen molar-refractivity contribution in [2.75, 3.05) is 7.11 Å². The molecule has 0 radical (unpaired) electrons.